The zero-order valence-electron chi connectivity index (χ0n) is 19.6. The highest BCUT2D eigenvalue weighted by Gasteiger charge is 2.26. The molecule has 0 aliphatic heterocycles. The molecule has 0 spiro atoms. The van der Waals surface area contributed by atoms with E-state index in [0.717, 1.165) is 24.1 Å². The van der Waals surface area contributed by atoms with Crippen LogP contribution in [-0.4, -0.2) is 49.2 Å². The van der Waals surface area contributed by atoms with Crippen LogP contribution in [0.5, 0.6) is 11.5 Å². The van der Waals surface area contributed by atoms with E-state index in [0.29, 0.717) is 42.1 Å². The molecule has 7 heteroatoms. The van der Waals surface area contributed by atoms with E-state index < -0.39 is 0 Å². The van der Waals surface area contributed by atoms with Gasteiger partial charge in [-0.15, -0.1) is 0 Å². The Kier molecular flexibility index (Phi) is 8.18. The number of nitrogens with zero attached hydrogens (tertiary/aromatic N) is 3. The van der Waals surface area contributed by atoms with Crippen LogP contribution in [0.4, 0.5) is 5.82 Å². The van der Waals surface area contributed by atoms with E-state index in [-0.39, 0.29) is 12.5 Å². The number of methoxy groups -OCH3 is 1. The Bertz CT molecular complexity index is 970. The molecule has 0 atom stereocenters. The van der Waals surface area contributed by atoms with Crippen LogP contribution in [0.1, 0.15) is 55.0 Å². The minimum atomic E-state index is -0.129. The molecule has 172 valence electrons. The molecule has 1 aromatic heterocycles. The van der Waals surface area contributed by atoms with Crippen molar-refractivity contribution < 1.29 is 14.3 Å². The highest BCUT2D eigenvalue weighted by molar-refractivity contribution is 5.93. The smallest absolute Gasteiger partial charge is 0.239 e. The maximum Gasteiger partial charge on any atom is 0.239 e. The van der Waals surface area contributed by atoms with Crippen molar-refractivity contribution in [3.63, 3.8) is 0 Å². The third kappa shape index (κ3) is 5.43. The first-order valence-electron chi connectivity index (χ1n) is 11.3. The van der Waals surface area contributed by atoms with Crippen molar-refractivity contribution in [2.45, 2.75) is 52.0 Å². The number of amides is 1. The molecule has 0 unspecified atom stereocenters. The van der Waals surface area contributed by atoms with Crippen LogP contribution in [0.2, 0.25) is 0 Å². The van der Waals surface area contributed by atoms with Gasteiger partial charge >= 0.3 is 0 Å². The predicted molar refractivity (Wildman–Crippen MR) is 125 cm³/mol. The number of benzene rings is 1. The van der Waals surface area contributed by atoms with Crippen molar-refractivity contribution in [1.29, 1.82) is 5.26 Å². The molecule has 0 radical (unpaired) electrons. The lowest BCUT2D eigenvalue weighted by Crippen LogP contribution is -2.34. The number of rotatable bonds is 9. The summed E-state index contributed by atoms with van der Waals surface area (Å²) in [5.74, 6) is 1.89. The molecule has 3 rings (SSSR count). The van der Waals surface area contributed by atoms with Gasteiger partial charge in [0.25, 0.3) is 0 Å². The van der Waals surface area contributed by atoms with Gasteiger partial charge in [0.1, 0.15) is 18.5 Å². The van der Waals surface area contributed by atoms with Crippen molar-refractivity contribution in [3.8, 4) is 17.6 Å². The van der Waals surface area contributed by atoms with Gasteiger partial charge in [0.2, 0.25) is 5.91 Å². The van der Waals surface area contributed by atoms with Crippen LogP contribution in [0.15, 0.2) is 24.3 Å². The van der Waals surface area contributed by atoms with E-state index in [9.17, 15) is 10.1 Å². The Balaban J connectivity index is 1.61. The lowest BCUT2D eigenvalue weighted by Gasteiger charge is -2.27. The van der Waals surface area contributed by atoms with Gasteiger partial charge < -0.3 is 19.4 Å². The Labute approximate surface area is 190 Å². The predicted octanol–water partition coefficient (Wildman–Crippen LogP) is 4.44. The molecule has 1 aromatic carbocycles. The third-order valence-corrected chi connectivity index (χ3v) is 6.28. The second kappa shape index (κ2) is 11.1. The Morgan fingerprint density at radius 2 is 1.91 bits per heavy atom. The fourth-order valence-electron chi connectivity index (χ4n) is 4.43. The summed E-state index contributed by atoms with van der Waals surface area (Å²) in [6, 6.07) is 10.1. The number of hydrogen-bond acceptors (Lipinski definition) is 5. The minimum absolute atomic E-state index is 0.129. The standard InChI is InChI=1S/C25H34N4O3/c1-18-19(2)29(20-10-6-5-7-11-20)25(21(18)16-26)27-24(30)17-28(3)14-15-32-23-13-9-8-12-22(23)31-4/h8-9,12-13,20H,5-7,10-11,14-15,17H2,1-4H3,(H,27,30). The number of anilines is 1. The molecule has 1 N–H and O–H groups in total. The van der Waals surface area contributed by atoms with E-state index in [4.69, 9.17) is 9.47 Å². The quantitative estimate of drug-likeness (QED) is 0.626. The maximum atomic E-state index is 12.8. The van der Waals surface area contributed by atoms with E-state index in [1.807, 2.05) is 50.1 Å². The summed E-state index contributed by atoms with van der Waals surface area (Å²) in [4.78, 5) is 14.8. The van der Waals surface area contributed by atoms with Crippen LogP contribution in [0.25, 0.3) is 0 Å². The van der Waals surface area contributed by atoms with Crippen LogP contribution in [0, 0.1) is 25.2 Å². The summed E-state index contributed by atoms with van der Waals surface area (Å²) in [5, 5.41) is 12.8. The molecule has 0 bridgehead atoms. The number of para-hydroxylation sites is 2. The number of hydrogen-bond donors (Lipinski definition) is 1. The molecule has 1 aliphatic carbocycles. The van der Waals surface area contributed by atoms with Crippen LogP contribution in [0.3, 0.4) is 0 Å². The van der Waals surface area contributed by atoms with Crippen molar-refractivity contribution in [3.05, 3.63) is 41.1 Å². The monoisotopic (exact) mass is 438 g/mol. The number of carbonyl (C=O) groups excluding carboxylic acids is 1. The van der Waals surface area contributed by atoms with Crippen molar-refractivity contribution in [2.75, 3.05) is 39.2 Å². The minimum Gasteiger partial charge on any atom is -0.493 e. The zero-order valence-corrected chi connectivity index (χ0v) is 19.6. The van der Waals surface area contributed by atoms with Crippen molar-refractivity contribution in [2.24, 2.45) is 0 Å². The van der Waals surface area contributed by atoms with Gasteiger partial charge in [-0.05, 0) is 51.4 Å². The molecular weight excluding hydrogens is 404 g/mol. The maximum absolute atomic E-state index is 12.8. The van der Waals surface area contributed by atoms with Crippen molar-refractivity contribution in [1.82, 2.24) is 9.47 Å². The van der Waals surface area contributed by atoms with E-state index >= 15 is 0 Å². The molecule has 1 heterocycles. The fourth-order valence-corrected chi connectivity index (χ4v) is 4.43. The number of aromatic nitrogens is 1. The van der Waals surface area contributed by atoms with Crippen LogP contribution >= 0.6 is 0 Å². The molecule has 1 saturated carbocycles. The van der Waals surface area contributed by atoms with Crippen molar-refractivity contribution >= 4 is 11.7 Å². The topological polar surface area (TPSA) is 79.5 Å². The number of nitriles is 1. The van der Waals surface area contributed by atoms with Gasteiger partial charge in [0, 0.05) is 18.3 Å². The normalized spacial score (nSPS) is 14.2. The molecule has 2 aromatic rings. The average molecular weight is 439 g/mol. The number of nitrogens with one attached hydrogen (secondary N) is 1. The van der Waals surface area contributed by atoms with Crippen LogP contribution < -0.4 is 14.8 Å². The summed E-state index contributed by atoms with van der Waals surface area (Å²) in [7, 11) is 3.49. The molecule has 1 aliphatic rings. The third-order valence-electron chi connectivity index (χ3n) is 6.28. The van der Waals surface area contributed by atoms with Gasteiger partial charge in [-0.3, -0.25) is 9.69 Å². The second-order valence-electron chi connectivity index (χ2n) is 8.49. The summed E-state index contributed by atoms with van der Waals surface area (Å²) in [5.41, 5.74) is 2.60. The van der Waals surface area contributed by atoms with Gasteiger partial charge in [-0.1, -0.05) is 31.4 Å². The Morgan fingerprint density at radius 3 is 2.56 bits per heavy atom. The second-order valence-corrected chi connectivity index (χ2v) is 8.49. The summed E-state index contributed by atoms with van der Waals surface area (Å²) < 4.78 is 13.3. The number of likely N-dealkylation sites (N-methyl/N-ethyl adjacent to an activating group) is 1. The highest BCUT2D eigenvalue weighted by Crippen LogP contribution is 2.36. The first kappa shape index (κ1) is 23.7. The van der Waals surface area contributed by atoms with E-state index in [1.165, 1.54) is 19.3 Å². The Hall–Kier alpha value is -2.98. The van der Waals surface area contributed by atoms with Gasteiger partial charge in [0.05, 0.1) is 19.2 Å². The van der Waals surface area contributed by atoms with Gasteiger partial charge in [-0.25, -0.2) is 0 Å². The molecule has 1 fully saturated rings. The summed E-state index contributed by atoms with van der Waals surface area (Å²) in [6.07, 6.45) is 5.80. The number of ether oxygens (including phenoxy) is 2. The average Bonchev–Trinajstić information content (AvgIpc) is 3.03. The first-order valence-corrected chi connectivity index (χ1v) is 11.3. The zero-order chi connectivity index (χ0) is 23.1. The molecule has 0 saturated heterocycles. The molecule has 32 heavy (non-hydrogen) atoms. The van der Waals surface area contributed by atoms with E-state index in [2.05, 4.69) is 16.0 Å². The SMILES string of the molecule is COc1ccccc1OCCN(C)CC(=O)Nc1c(C#N)c(C)c(C)n1C1CCCCC1. The fraction of sp³-hybridized carbons (Fsp3) is 0.520. The number of carbonyl (C=O) groups is 1. The lowest BCUT2D eigenvalue weighted by atomic mass is 9.95. The molecule has 1 amide bonds. The summed E-state index contributed by atoms with van der Waals surface area (Å²) >= 11 is 0. The molecule has 7 nitrogen and oxygen atoms in total. The lowest BCUT2D eigenvalue weighted by molar-refractivity contribution is -0.117. The molecular formula is C25H34N4O3. The Morgan fingerprint density at radius 1 is 1.22 bits per heavy atom. The van der Waals surface area contributed by atoms with Gasteiger partial charge in [-0.2, -0.15) is 5.26 Å². The summed E-state index contributed by atoms with van der Waals surface area (Å²) in [6.45, 7) is 5.24. The van der Waals surface area contributed by atoms with E-state index in [1.54, 1.807) is 7.11 Å². The van der Waals surface area contributed by atoms with Crippen LogP contribution in [-0.2, 0) is 4.79 Å². The largest absolute Gasteiger partial charge is 0.493 e. The highest BCUT2D eigenvalue weighted by atomic mass is 16.5. The first-order chi connectivity index (χ1) is 15.5. The van der Waals surface area contributed by atoms with Gasteiger partial charge in [0.15, 0.2) is 11.5 Å².